The molecule has 5 rings (SSSR count). The molecule has 0 aliphatic heterocycles. The second-order valence-electron chi connectivity index (χ2n) is 9.34. The van der Waals surface area contributed by atoms with Crippen LogP contribution in [-0.4, -0.2) is 10.2 Å². The Balaban J connectivity index is 1.80. The highest BCUT2D eigenvalue weighted by Crippen LogP contribution is 2.63. The number of rotatable bonds is 1. The fraction of sp³-hybridized carbons (Fsp3) is 0.700. The van der Waals surface area contributed by atoms with Crippen LogP contribution in [0.1, 0.15) is 70.4 Å². The molecule has 120 valence electrons. The Hall–Kier alpha value is -1.18. The van der Waals surface area contributed by atoms with E-state index in [9.17, 15) is 10.2 Å². The van der Waals surface area contributed by atoms with Gasteiger partial charge < -0.3 is 10.2 Å². The maximum Gasteiger partial charge on any atom is 0.123 e. The Morgan fingerprint density at radius 3 is 1.64 bits per heavy atom. The lowest BCUT2D eigenvalue weighted by atomic mass is 9.48. The molecule has 2 nitrogen and oxygen atoms in total. The number of hydrogen-bond donors (Lipinski definition) is 2. The topological polar surface area (TPSA) is 40.5 Å². The van der Waals surface area contributed by atoms with E-state index in [4.69, 9.17) is 0 Å². The van der Waals surface area contributed by atoms with Crippen molar-refractivity contribution in [3.63, 3.8) is 0 Å². The van der Waals surface area contributed by atoms with Crippen LogP contribution in [0.3, 0.4) is 0 Å². The van der Waals surface area contributed by atoms with Gasteiger partial charge in [-0.3, -0.25) is 0 Å². The summed E-state index contributed by atoms with van der Waals surface area (Å²) >= 11 is 0. The van der Waals surface area contributed by atoms with E-state index < -0.39 is 0 Å². The number of aromatic hydroxyl groups is 2. The number of phenols is 2. The van der Waals surface area contributed by atoms with E-state index in [1.807, 2.05) is 12.1 Å². The van der Waals surface area contributed by atoms with Crippen molar-refractivity contribution < 1.29 is 10.2 Å². The van der Waals surface area contributed by atoms with Crippen LogP contribution in [0.4, 0.5) is 0 Å². The van der Waals surface area contributed by atoms with E-state index in [-0.39, 0.29) is 10.8 Å². The summed E-state index contributed by atoms with van der Waals surface area (Å²) in [4.78, 5) is 0. The largest absolute Gasteiger partial charge is 0.507 e. The molecule has 0 radical (unpaired) electrons. The van der Waals surface area contributed by atoms with Crippen LogP contribution in [0.5, 0.6) is 11.5 Å². The van der Waals surface area contributed by atoms with E-state index in [1.54, 1.807) is 0 Å². The molecule has 0 spiro atoms. The third kappa shape index (κ3) is 2.06. The van der Waals surface area contributed by atoms with Gasteiger partial charge in [0, 0.05) is 11.0 Å². The molecule has 0 aromatic heterocycles. The molecule has 1 aromatic rings. The molecule has 0 amide bonds. The van der Waals surface area contributed by atoms with E-state index in [0.717, 1.165) is 48.1 Å². The monoisotopic (exact) mass is 300 g/mol. The summed E-state index contributed by atoms with van der Waals surface area (Å²) in [5, 5.41) is 21.5. The minimum atomic E-state index is -0.0606. The van der Waals surface area contributed by atoms with Crippen molar-refractivity contribution in [2.24, 2.45) is 17.8 Å². The van der Waals surface area contributed by atoms with Crippen LogP contribution in [0.15, 0.2) is 12.1 Å². The van der Waals surface area contributed by atoms with Gasteiger partial charge in [0.2, 0.25) is 0 Å². The van der Waals surface area contributed by atoms with Gasteiger partial charge >= 0.3 is 0 Å². The predicted molar refractivity (Wildman–Crippen MR) is 88.3 cm³/mol. The quantitative estimate of drug-likeness (QED) is 0.777. The first kappa shape index (κ1) is 14.4. The molecule has 4 fully saturated rings. The SMILES string of the molecule is CC(C)(C)c1cc(O)c(C23CC4CC(CC(C4)C2)C3)c(O)c1. The van der Waals surface area contributed by atoms with Gasteiger partial charge in [-0.15, -0.1) is 0 Å². The second kappa shape index (κ2) is 4.43. The highest BCUT2D eigenvalue weighted by molar-refractivity contribution is 5.53. The van der Waals surface area contributed by atoms with Crippen molar-refractivity contribution in [2.75, 3.05) is 0 Å². The molecule has 2 heteroatoms. The zero-order valence-electron chi connectivity index (χ0n) is 14.0. The Bertz CT molecular complexity index is 550. The molecule has 2 N–H and O–H groups in total. The molecule has 4 aliphatic carbocycles. The van der Waals surface area contributed by atoms with Gasteiger partial charge in [-0.2, -0.15) is 0 Å². The van der Waals surface area contributed by atoms with E-state index >= 15 is 0 Å². The maximum absolute atomic E-state index is 10.7. The summed E-state index contributed by atoms with van der Waals surface area (Å²) in [6, 6.07) is 3.79. The maximum atomic E-state index is 10.7. The molecule has 0 heterocycles. The summed E-state index contributed by atoms with van der Waals surface area (Å²) in [6.07, 6.45) is 7.61. The first-order valence-electron chi connectivity index (χ1n) is 8.84. The standard InChI is InChI=1S/C20H28O2/c1-19(2,3)15-7-16(21)18(17(22)8-15)20-9-12-4-13(10-20)6-14(5-12)11-20/h7-8,12-14,21-22H,4-6,9-11H2,1-3H3. The molecule has 4 saturated carbocycles. The van der Waals surface area contributed by atoms with Crippen molar-refractivity contribution in [1.82, 2.24) is 0 Å². The van der Waals surface area contributed by atoms with Gasteiger partial charge in [0.05, 0.1) is 0 Å². The normalized spacial score (nSPS) is 36.8. The van der Waals surface area contributed by atoms with Crippen LogP contribution in [-0.2, 0) is 10.8 Å². The van der Waals surface area contributed by atoms with Crippen molar-refractivity contribution in [1.29, 1.82) is 0 Å². The molecule has 0 atom stereocenters. The molecular weight excluding hydrogens is 272 g/mol. The summed E-state index contributed by atoms with van der Waals surface area (Å²) in [5.74, 6) is 3.09. The minimum Gasteiger partial charge on any atom is -0.507 e. The fourth-order valence-corrected chi connectivity index (χ4v) is 6.01. The van der Waals surface area contributed by atoms with E-state index in [1.165, 1.54) is 19.3 Å². The van der Waals surface area contributed by atoms with Crippen LogP contribution in [0.2, 0.25) is 0 Å². The third-order valence-electron chi connectivity index (χ3n) is 6.53. The lowest BCUT2D eigenvalue weighted by Crippen LogP contribution is -2.48. The van der Waals surface area contributed by atoms with Gasteiger partial charge in [-0.1, -0.05) is 20.8 Å². The molecule has 22 heavy (non-hydrogen) atoms. The zero-order chi connectivity index (χ0) is 15.7. The average molecular weight is 300 g/mol. The van der Waals surface area contributed by atoms with Crippen LogP contribution < -0.4 is 0 Å². The van der Waals surface area contributed by atoms with Gasteiger partial charge in [0.25, 0.3) is 0 Å². The van der Waals surface area contributed by atoms with Gasteiger partial charge in [0.1, 0.15) is 11.5 Å². The van der Waals surface area contributed by atoms with Crippen LogP contribution >= 0.6 is 0 Å². The summed E-state index contributed by atoms with van der Waals surface area (Å²) in [7, 11) is 0. The average Bonchev–Trinajstić information content (AvgIpc) is 2.34. The summed E-state index contributed by atoms with van der Waals surface area (Å²) < 4.78 is 0. The number of phenolic OH excluding ortho intramolecular Hbond substituents is 2. The number of hydrogen-bond acceptors (Lipinski definition) is 2. The van der Waals surface area contributed by atoms with Crippen molar-refractivity contribution in [3.05, 3.63) is 23.3 Å². The summed E-state index contributed by atoms with van der Waals surface area (Å²) in [5.41, 5.74) is 1.85. The minimum absolute atomic E-state index is 0.0410. The predicted octanol–water partition coefficient (Wildman–Crippen LogP) is 4.86. The Morgan fingerprint density at radius 2 is 1.27 bits per heavy atom. The third-order valence-corrected chi connectivity index (χ3v) is 6.53. The summed E-state index contributed by atoms with van der Waals surface area (Å²) in [6.45, 7) is 6.35. The van der Waals surface area contributed by atoms with E-state index in [2.05, 4.69) is 20.8 Å². The first-order chi connectivity index (χ1) is 10.3. The van der Waals surface area contributed by atoms with Gasteiger partial charge in [-0.05, 0) is 79.4 Å². The fourth-order valence-electron chi connectivity index (χ4n) is 6.01. The second-order valence-corrected chi connectivity index (χ2v) is 9.34. The van der Waals surface area contributed by atoms with Crippen LogP contribution in [0.25, 0.3) is 0 Å². The molecule has 4 aliphatic rings. The van der Waals surface area contributed by atoms with Crippen LogP contribution in [0, 0.1) is 17.8 Å². The number of benzene rings is 1. The molecule has 4 bridgehead atoms. The Morgan fingerprint density at radius 1 is 0.864 bits per heavy atom. The lowest BCUT2D eigenvalue weighted by Gasteiger charge is -2.57. The Labute approximate surface area is 133 Å². The van der Waals surface area contributed by atoms with Crippen molar-refractivity contribution in [3.8, 4) is 11.5 Å². The van der Waals surface area contributed by atoms with Crippen molar-refractivity contribution >= 4 is 0 Å². The molecule has 0 unspecified atom stereocenters. The molecular formula is C20H28O2. The van der Waals surface area contributed by atoms with Crippen molar-refractivity contribution in [2.45, 2.75) is 70.1 Å². The Kier molecular flexibility index (Phi) is 2.90. The van der Waals surface area contributed by atoms with Gasteiger partial charge in [0.15, 0.2) is 0 Å². The highest BCUT2D eigenvalue weighted by Gasteiger charge is 2.53. The zero-order valence-corrected chi connectivity index (χ0v) is 14.0. The van der Waals surface area contributed by atoms with E-state index in [0.29, 0.717) is 11.5 Å². The highest BCUT2D eigenvalue weighted by atomic mass is 16.3. The first-order valence-corrected chi connectivity index (χ1v) is 8.84. The van der Waals surface area contributed by atoms with Gasteiger partial charge in [-0.25, -0.2) is 0 Å². The smallest absolute Gasteiger partial charge is 0.123 e. The molecule has 0 saturated heterocycles. The molecule has 1 aromatic carbocycles. The lowest BCUT2D eigenvalue weighted by molar-refractivity contribution is -0.00713.